The van der Waals surface area contributed by atoms with E-state index >= 15 is 0 Å². The second-order valence-corrected chi connectivity index (χ2v) is 10.5. The molecule has 0 saturated heterocycles. The Bertz CT molecular complexity index is 1230. The largest absolute Gasteiger partial charge is 0.348 e. The van der Waals surface area contributed by atoms with Crippen LogP contribution in [0.15, 0.2) is 65.1 Å². The first-order chi connectivity index (χ1) is 16.4. The van der Waals surface area contributed by atoms with Crippen LogP contribution in [0, 0.1) is 12.8 Å². The average molecular weight is 492 g/mol. The summed E-state index contributed by atoms with van der Waals surface area (Å²) in [7, 11) is 0. The van der Waals surface area contributed by atoms with E-state index in [-0.39, 0.29) is 11.9 Å². The number of nitrogens with one attached hydrogen (secondary N) is 1. The molecule has 1 amide bonds. The molecule has 8 heteroatoms. The molecule has 0 radical (unpaired) electrons. The lowest BCUT2D eigenvalue weighted by molar-refractivity contribution is 0.0926. The van der Waals surface area contributed by atoms with Crippen LogP contribution in [0.2, 0.25) is 0 Å². The molecule has 34 heavy (non-hydrogen) atoms. The van der Waals surface area contributed by atoms with Crippen molar-refractivity contribution < 1.29 is 4.79 Å². The molecule has 1 N–H and O–H groups in total. The summed E-state index contributed by atoms with van der Waals surface area (Å²) in [5, 5.41) is 15.6. The number of thiazole rings is 1. The number of benzene rings is 2. The van der Waals surface area contributed by atoms with Crippen molar-refractivity contribution in [2.75, 3.05) is 0 Å². The molecule has 1 atom stereocenters. The van der Waals surface area contributed by atoms with Gasteiger partial charge in [0.1, 0.15) is 16.5 Å². The zero-order valence-electron chi connectivity index (χ0n) is 19.9. The second-order valence-electron chi connectivity index (χ2n) is 8.65. The highest BCUT2D eigenvalue weighted by atomic mass is 32.2. The van der Waals surface area contributed by atoms with Gasteiger partial charge in [-0.25, -0.2) is 4.98 Å². The molecule has 0 aliphatic carbocycles. The molecule has 0 spiro atoms. The van der Waals surface area contributed by atoms with Gasteiger partial charge in [-0.1, -0.05) is 73.6 Å². The summed E-state index contributed by atoms with van der Waals surface area (Å²) in [6.45, 7) is 8.26. The SMILES string of the molecule is Cc1ccc(-n2c(Cc3ccccc3)nnc2SCc2nc(C(=O)NC(C)C(C)C)cs2)cc1. The van der Waals surface area contributed by atoms with Crippen LogP contribution in [0.4, 0.5) is 0 Å². The lowest BCUT2D eigenvalue weighted by atomic mass is 10.1. The molecule has 6 nitrogen and oxygen atoms in total. The first-order valence-corrected chi connectivity index (χ1v) is 13.2. The van der Waals surface area contributed by atoms with E-state index in [2.05, 4.69) is 82.2 Å². The lowest BCUT2D eigenvalue weighted by Crippen LogP contribution is -2.36. The molecule has 1 unspecified atom stereocenters. The maximum atomic E-state index is 12.5. The normalized spacial score (nSPS) is 12.1. The maximum Gasteiger partial charge on any atom is 0.270 e. The first-order valence-electron chi connectivity index (χ1n) is 11.3. The number of aryl methyl sites for hydroxylation is 1. The second kappa shape index (κ2) is 11.0. The van der Waals surface area contributed by atoms with Crippen molar-refractivity contribution >= 4 is 29.0 Å². The minimum Gasteiger partial charge on any atom is -0.348 e. The predicted octanol–water partition coefficient (Wildman–Crippen LogP) is 5.69. The minimum absolute atomic E-state index is 0.100. The van der Waals surface area contributed by atoms with E-state index in [1.54, 1.807) is 11.8 Å². The highest BCUT2D eigenvalue weighted by Crippen LogP contribution is 2.27. The fourth-order valence-electron chi connectivity index (χ4n) is 3.30. The number of rotatable bonds is 9. The molecule has 4 aromatic rings. The summed E-state index contributed by atoms with van der Waals surface area (Å²) >= 11 is 3.08. The monoisotopic (exact) mass is 491 g/mol. The summed E-state index contributed by atoms with van der Waals surface area (Å²) in [5.41, 5.74) is 3.89. The smallest absolute Gasteiger partial charge is 0.270 e. The zero-order valence-corrected chi connectivity index (χ0v) is 21.5. The first kappa shape index (κ1) is 24.2. The summed E-state index contributed by atoms with van der Waals surface area (Å²) in [5.74, 6) is 1.75. The molecule has 176 valence electrons. The lowest BCUT2D eigenvalue weighted by Gasteiger charge is -2.16. The van der Waals surface area contributed by atoms with Gasteiger partial charge in [0.2, 0.25) is 0 Å². The van der Waals surface area contributed by atoms with Crippen LogP contribution in [0.3, 0.4) is 0 Å². The highest BCUT2D eigenvalue weighted by molar-refractivity contribution is 7.98. The Balaban J connectivity index is 1.52. The Kier molecular flexibility index (Phi) is 7.80. The van der Waals surface area contributed by atoms with E-state index in [1.807, 2.05) is 30.5 Å². The van der Waals surface area contributed by atoms with Crippen molar-refractivity contribution in [1.29, 1.82) is 0 Å². The van der Waals surface area contributed by atoms with Crippen molar-refractivity contribution in [3.63, 3.8) is 0 Å². The zero-order chi connectivity index (χ0) is 24.1. The average Bonchev–Trinajstić information content (AvgIpc) is 3.46. The Morgan fingerprint density at radius 1 is 1.06 bits per heavy atom. The Morgan fingerprint density at radius 3 is 2.50 bits per heavy atom. The van der Waals surface area contributed by atoms with Gasteiger partial charge < -0.3 is 5.32 Å². The van der Waals surface area contributed by atoms with E-state index in [1.165, 1.54) is 22.5 Å². The van der Waals surface area contributed by atoms with E-state index < -0.39 is 0 Å². The van der Waals surface area contributed by atoms with E-state index in [9.17, 15) is 4.79 Å². The topological polar surface area (TPSA) is 72.7 Å². The van der Waals surface area contributed by atoms with E-state index in [0.29, 0.717) is 23.8 Å². The van der Waals surface area contributed by atoms with Crippen molar-refractivity contribution in [3.8, 4) is 5.69 Å². The van der Waals surface area contributed by atoms with Crippen LogP contribution in [0.5, 0.6) is 0 Å². The molecule has 4 rings (SSSR count). The number of hydrogen-bond donors (Lipinski definition) is 1. The van der Waals surface area contributed by atoms with Gasteiger partial charge in [0.25, 0.3) is 5.91 Å². The van der Waals surface area contributed by atoms with Crippen LogP contribution < -0.4 is 5.32 Å². The van der Waals surface area contributed by atoms with Gasteiger partial charge in [-0.3, -0.25) is 9.36 Å². The Hall–Kier alpha value is -2.97. The third-order valence-electron chi connectivity index (χ3n) is 5.67. The van der Waals surface area contributed by atoms with Gasteiger partial charge in [-0.05, 0) is 37.5 Å². The fraction of sp³-hybridized carbons (Fsp3) is 0.308. The van der Waals surface area contributed by atoms with E-state index in [0.717, 1.165) is 21.7 Å². The summed E-state index contributed by atoms with van der Waals surface area (Å²) in [6, 6.07) is 18.8. The van der Waals surface area contributed by atoms with Crippen LogP contribution >= 0.6 is 23.1 Å². The highest BCUT2D eigenvalue weighted by Gasteiger charge is 2.18. The maximum absolute atomic E-state index is 12.5. The quantitative estimate of drug-likeness (QED) is 0.305. The van der Waals surface area contributed by atoms with Crippen molar-refractivity contribution in [2.24, 2.45) is 5.92 Å². The van der Waals surface area contributed by atoms with Crippen molar-refractivity contribution in [1.82, 2.24) is 25.1 Å². The minimum atomic E-state index is -0.123. The number of thioether (sulfide) groups is 1. The third-order valence-corrected chi connectivity index (χ3v) is 7.64. The van der Waals surface area contributed by atoms with Crippen LogP contribution in [0.25, 0.3) is 5.69 Å². The number of nitrogens with zero attached hydrogens (tertiary/aromatic N) is 4. The van der Waals surface area contributed by atoms with Crippen LogP contribution in [0.1, 0.15) is 53.2 Å². The molecular formula is C26H29N5OS2. The van der Waals surface area contributed by atoms with Crippen LogP contribution in [-0.4, -0.2) is 31.7 Å². The van der Waals surface area contributed by atoms with Gasteiger partial charge >= 0.3 is 0 Å². The van der Waals surface area contributed by atoms with Crippen LogP contribution in [-0.2, 0) is 12.2 Å². The number of carbonyl (C=O) groups is 1. The molecule has 0 bridgehead atoms. The molecule has 0 fully saturated rings. The molecule has 2 aromatic heterocycles. The number of carbonyl (C=O) groups excluding carboxylic acids is 1. The molecule has 2 aromatic carbocycles. The van der Waals surface area contributed by atoms with Gasteiger partial charge in [-0.15, -0.1) is 21.5 Å². The van der Waals surface area contributed by atoms with Gasteiger partial charge in [-0.2, -0.15) is 0 Å². The summed E-state index contributed by atoms with van der Waals surface area (Å²) < 4.78 is 2.11. The summed E-state index contributed by atoms with van der Waals surface area (Å²) in [4.78, 5) is 17.0. The molecule has 0 aliphatic heterocycles. The standard InChI is InChI=1S/C26H29N5OS2/c1-17(2)19(4)27-25(32)22-15-33-24(28-22)16-34-26-30-29-23(14-20-8-6-5-7-9-20)31(26)21-12-10-18(3)11-13-21/h5-13,15,17,19H,14,16H2,1-4H3,(H,27,32). The number of amides is 1. The van der Waals surface area contributed by atoms with Gasteiger partial charge in [0, 0.05) is 23.5 Å². The predicted molar refractivity (Wildman–Crippen MR) is 139 cm³/mol. The number of aromatic nitrogens is 4. The molecule has 0 aliphatic rings. The molecule has 0 saturated carbocycles. The van der Waals surface area contributed by atoms with Crippen molar-refractivity contribution in [2.45, 2.75) is 51.1 Å². The summed E-state index contributed by atoms with van der Waals surface area (Å²) in [6.07, 6.45) is 0.692. The van der Waals surface area contributed by atoms with Crippen molar-refractivity contribution in [3.05, 3.63) is 87.6 Å². The number of hydrogen-bond acceptors (Lipinski definition) is 6. The molecular weight excluding hydrogens is 462 g/mol. The Morgan fingerprint density at radius 2 is 1.79 bits per heavy atom. The van der Waals surface area contributed by atoms with Gasteiger partial charge in [0.15, 0.2) is 5.16 Å². The fourth-order valence-corrected chi connectivity index (χ4v) is 5.06. The third kappa shape index (κ3) is 5.93. The van der Waals surface area contributed by atoms with E-state index in [4.69, 9.17) is 0 Å². The Labute approximate surface area is 208 Å². The van der Waals surface area contributed by atoms with Gasteiger partial charge in [0.05, 0.1) is 5.75 Å². The molecule has 2 heterocycles.